The summed E-state index contributed by atoms with van der Waals surface area (Å²) < 4.78 is 6.00. The standard InChI is InChI=1S/C16H14N2O/c17-13-8-4-3-7-12(13)16-18-15-11-6-2-1-5-10(11)9-14(15)19-16/h1-8,14-15H,9,17H2/t14-,15+/m1/s1. The number of fused-ring (bicyclic) bond motifs is 3. The second-order valence-electron chi connectivity index (χ2n) is 5.03. The SMILES string of the molecule is Nc1ccccc1C1=N[C@H]2c3ccccc3C[C@H]2O1. The highest BCUT2D eigenvalue weighted by molar-refractivity contribution is 6.00. The summed E-state index contributed by atoms with van der Waals surface area (Å²) in [5.74, 6) is 0.683. The summed E-state index contributed by atoms with van der Waals surface area (Å²) in [5, 5.41) is 0. The van der Waals surface area contributed by atoms with E-state index >= 15 is 0 Å². The second-order valence-corrected chi connectivity index (χ2v) is 5.03. The van der Waals surface area contributed by atoms with Crippen molar-refractivity contribution in [3.63, 3.8) is 0 Å². The van der Waals surface area contributed by atoms with Crippen LogP contribution in [0.3, 0.4) is 0 Å². The lowest BCUT2D eigenvalue weighted by Crippen LogP contribution is -2.14. The van der Waals surface area contributed by atoms with Crippen molar-refractivity contribution < 1.29 is 4.74 Å². The van der Waals surface area contributed by atoms with Crippen LogP contribution in [0.25, 0.3) is 0 Å². The number of nitrogens with two attached hydrogens (primary N) is 1. The fourth-order valence-corrected chi connectivity index (χ4v) is 2.92. The molecule has 2 N–H and O–H groups in total. The van der Waals surface area contributed by atoms with E-state index in [0.717, 1.165) is 17.7 Å². The van der Waals surface area contributed by atoms with E-state index in [1.807, 2.05) is 24.3 Å². The number of para-hydroxylation sites is 1. The van der Waals surface area contributed by atoms with Crippen molar-refractivity contribution in [2.75, 3.05) is 5.73 Å². The zero-order valence-corrected chi connectivity index (χ0v) is 10.4. The van der Waals surface area contributed by atoms with E-state index < -0.39 is 0 Å². The van der Waals surface area contributed by atoms with Gasteiger partial charge in [-0.05, 0) is 23.3 Å². The Bertz CT molecular complexity index is 678. The van der Waals surface area contributed by atoms with Crippen LogP contribution in [-0.4, -0.2) is 12.0 Å². The van der Waals surface area contributed by atoms with Crippen LogP contribution < -0.4 is 5.73 Å². The van der Waals surface area contributed by atoms with E-state index in [9.17, 15) is 0 Å². The molecule has 19 heavy (non-hydrogen) atoms. The van der Waals surface area contributed by atoms with Crippen LogP contribution >= 0.6 is 0 Å². The zero-order valence-electron chi connectivity index (χ0n) is 10.4. The van der Waals surface area contributed by atoms with E-state index in [1.54, 1.807) is 0 Å². The van der Waals surface area contributed by atoms with Gasteiger partial charge in [-0.1, -0.05) is 36.4 Å². The largest absolute Gasteiger partial charge is 0.471 e. The molecule has 1 aliphatic heterocycles. The van der Waals surface area contributed by atoms with E-state index in [4.69, 9.17) is 15.5 Å². The van der Waals surface area contributed by atoms with Crippen LogP contribution in [0.4, 0.5) is 5.69 Å². The lowest BCUT2D eigenvalue weighted by molar-refractivity contribution is 0.206. The van der Waals surface area contributed by atoms with Gasteiger partial charge >= 0.3 is 0 Å². The zero-order chi connectivity index (χ0) is 12.8. The summed E-state index contributed by atoms with van der Waals surface area (Å²) in [6, 6.07) is 16.3. The van der Waals surface area contributed by atoms with Gasteiger partial charge in [0.2, 0.25) is 5.90 Å². The lowest BCUT2D eigenvalue weighted by Gasteiger charge is -2.09. The summed E-state index contributed by atoms with van der Waals surface area (Å²) in [7, 11) is 0. The van der Waals surface area contributed by atoms with Gasteiger partial charge in [-0.2, -0.15) is 0 Å². The molecule has 94 valence electrons. The van der Waals surface area contributed by atoms with Crippen molar-refractivity contribution >= 4 is 11.6 Å². The average Bonchev–Trinajstić information content (AvgIpc) is 2.96. The number of ether oxygens (including phenoxy) is 1. The fourth-order valence-electron chi connectivity index (χ4n) is 2.92. The summed E-state index contributed by atoms with van der Waals surface area (Å²) >= 11 is 0. The van der Waals surface area contributed by atoms with Gasteiger partial charge in [0.1, 0.15) is 12.1 Å². The van der Waals surface area contributed by atoms with Crippen LogP contribution in [0.2, 0.25) is 0 Å². The van der Waals surface area contributed by atoms with E-state index in [0.29, 0.717) is 5.90 Å². The molecule has 0 spiro atoms. The molecule has 0 radical (unpaired) electrons. The first-order chi connectivity index (χ1) is 9.33. The smallest absolute Gasteiger partial charge is 0.219 e. The summed E-state index contributed by atoms with van der Waals surface area (Å²) in [6.07, 6.45) is 1.06. The number of anilines is 1. The van der Waals surface area contributed by atoms with E-state index in [1.165, 1.54) is 11.1 Å². The van der Waals surface area contributed by atoms with E-state index in [-0.39, 0.29) is 12.1 Å². The highest BCUT2D eigenvalue weighted by atomic mass is 16.5. The van der Waals surface area contributed by atoms with Crippen molar-refractivity contribution in [1.29, 1.82) is 0 Å². The summed E-state index contributed by atoms with van der Waals surface area (Å²) in [5.41, 5.74) is 10.2. The lowest BCUT2D eigenvalue weighted by atomic mass is 10.1. The fraction of sp³-hybridized carbons (Fsp3) is 0.188. The quantitative estimate of drug-likeness (QED) is 0.791. The van der Waals surface area contributed by atoms with Gasteiger partial charge in [-0.25, -0.2) is 4.99 Å². The molecule has 2 atom stereocenters. The minimum Gasteiger partial charge on any atom is -0.471 e. The van der Waals surface area contributed by atoms with Gasteiger partial charge in [-0.3, -0.25) is 0 Å². The molecule has 0 saturated carbocycles. The molecule has 2 aromatic carbocycles. The van der Waals surface area contributed by atoms with Crippen molar-refractivity contribution in [2.24, 2.45) is 4.99 Å². The van der Waals surface area contributed by atoms with Crippen molar-refractivity contribution in [3.8, 4) is 0 Å². The van der Waals surface area contributed by atoms with Crippen molar-refractivity contribution in [2.45, 2.75) is 18.6 Å². The number of nitrogens with zero attached hydrogens (tertiary/aromatic N) is 1. The molecule has 0 fully saturated rings. The monoisotopic (exact) mass is 250 g/mol. The van der Waals surface area contributed by atoms with Gasteiger partial charge in [0.05, 0.1) is 5.56 Å². The number of hydrogen-bond acceptors (Lipinski definition) is 3. The number of aliphatic imine (C=N–C) groups is 1. The molecule has 0 saturated heterocycles. The highest BCUT2D eigenvalue weighted by Gasteiger charge is 2.39. The number of benzene rings is 2. The first kappa shape index (κ1) is 10.6. The Hall–Kier alpha value is -2.29. The number of nitrogen functional groups attached to an aromatic ring is 1. The Morgan fingerprint density at radius 3 is 2.74 bits per heavy atom. The van der Waals surface area contributed by atoms with Crippen LogP contribution in [0.5, 0.6) is 0 Å². The van der Waals surface area contributed by atoms with E-state index in [2.05, 4.69) is 24.3 Å². The molecular formula is C16H14N2O. The second kappa shape index (κ2) is 3.85. The molecule has 3 nitrogen and oxygen atoms in total. The first-order valence-electron chi connectivity index (χ1n) is 6.50. The first-order valence-corrected chi connectivity index (χ1v) is 6.50. The Morgan fingerprint density at radius 2 is 1.84 bits per heavy atom. The molecule has 0 amide bonds. The number of hydrogen-bond donors (Lipinski definition) is 1. The third kappa shape index (κ3) is 1.55. The molecule has 2 aromatic rings. The maximum atomic E-state index is 6.00. The normalized spacial score (nSPS) is 23.5. The molecule has 1 heterocycles. The minimum atomic E-state index is 0.130. The average molecular weight is 250 g/mol. The predicted molar refractivity (Wildman–Crippen MR) is 75.2 cm³/mol. The van der Waals surface area contributed by atoms with Gasteiger partial charge < -0.3 is 10.5 Å². The topological polar surface area (TPSA) is 47.6 Å². The summed E-state index contributed by atoms with van der Waals surface area (Å²) in [6.45, 7) is 0. The molecule has 0 bridgehead atoms. The van der Waals surface area contributed by atoms with Crippen molar-refractivity contribution in [3.05, 3.63) is 65.2 Å². The Labute approximate surface area is 111 Å². The summed E-state index contributed by atoms with van der Waals surface area (Å²) in [4.78, 5) is 4.74. The molecule has 1 aliphatic carbocycles. The van der Waals surface area contributed by atoms with Crippen LogP contribution in [0.15, 0.2) is 53.5 Å². The van der Waals surface area contributed by atoms with Crippen LogP contribution in [0.1, 0.15) is 22.7 Å². The van der Waals surface area contributed by atoms with Gasteiger partial charge in [0.15, 0.2) is 0 Å². The Balaban J connectivity index is 1.75. The third-order valence-corrected chi connectivity index (χ3v) is 3.86. The highest BCUT2D eigenvalue weighted by Crippen LogP contribution is 2.41. The van der Waals surface area contributed by atoms with Crippen molar-refractivity contribution in [1.82, 2.24) is 0 Å². The van der Waals surface area contributed by atoms with Gasteiger partial charge in [-0.15, -0.1) is 0 Å². The predicted octanol–water partition coefficient (Wildman–Crippen LogP) is 2.71. The molecular weight excluding hydrogens is 236 g/mol. The van der Waals surface area contributed by atoms with Gasteiger partial charge in [0, 0.05) is 12.1 Å². The van der Waals surface area contributed by atoms with Gasteiger partial charge in [0.25, 0.3) is 0 Å². The minimum absolute atomic E-state index is 0.130. The van der Waals surface area contributed by atoms with Crippen LogP contribution in [0, 0.1) is 0 Å². The Kier molecular flexibility index (Phi) is 2.15. The number of rotatable bonds is 1. The maximum absolute atomic E-state index is 6.00. The molecule has 2 aliphatic rings. The molecule has 0 unspecified atom stereocenters. The maximum Gasteiger partial charge on any atom is 0.219 e. The molecule has 0 aromatic heterocycles. The van der Waals surface area contributed by atoms with Crippen LogP contribution in [-0.2, 0) is 11.2 Å². The molecule has 4 rings (SSSR count). The Morgan fingerprint density at radius 1 is 1.05 bits per heavy atom. The third-order valence-electron chi connectivity index (χ3n) is 3.86. The molecule has 3 heteroatoms.